The van der Waals surface area contributed by atoms with Gasteiger partial charge in [0, 0.05) is 17.2 Å². The number of carbonyl (C=O) groups excluding carboxylic acids is 2. The summed E-state index contributed by atoms with van der Waals surface area (Å²) in [5.74, 6) is -0.227. The van der Waals surface area contributed by atoms with Gasteiger partial charge in [-0.25, -0.2) is 0 Å². The molecule has 5 nitrogen and oxygen atoms in total. The Hall–Kier alpha value is -2.82. The van der Waals surface area contributed by atoms with Crippen LogP contribution in [0.5, 0.6) is 5.75 Å². The van der Waals surface area contributed by atoms with Crippen LogP contribution in [0.1, 0.15) is 48.0 Å². The number of nitrogens with one attached hydrogen (secondary N) is 2. The summed E-state index contributed by atoms with van der Waals surface area (Å²) in [4.78, 5) is 24.9. The molecule has 2 aromatic carbocycles. The van der Waals surface area contributed by atoms with E-state index >= 15 is 0 Å². The van der Waals surface area contributed by atoms with Crippen molar-refractivity contribution >= 4 is 23.2 Å². The summed E-state index contributed by atoms with van der Waals surface area (Å²) in [6.07, 6.45) is 5.25. The third-order valence-corrected chi connectivity index (χ3v) is 4.77. The number of benzene rings is 2. The smallest absolute Gasteiger partial charge is 0.255 e. The molecule has 2 amide bonds. The van der Waals surface area contributed by atoms with Crippen LogP contribution in [-0.4, -0.2) is 16.9 Å². The standard InChI is InChI=1S/C21H24N2O3/c1-14-10-11-19(24)18(12-14)23-21(26)16-8-5-9-17(13-16)22-20(25)15-6-3-2-4-7-15/h5,8-13,15,24H,2-4,6-7H2,1H3,(H,22,25)(H,23,26). The van der Waals surface area contributed by atoms with Crippen molar-refractivity contribution in [3.05, 3.63) is 53.6 Å². The highest BCUT2D eigenvalue weighted by Gasteiger charge is 2.21. The fraction of sp³-hybridized carbons (Fsp3) is 0.333. The molecule has 1 aliphatic rings. The number of phenols is 1. The first-order valence-electron chi connectivity index (χ1n) is 9.05. The lowest BCUT2D eigenvalue weighted by Crippen LogP contribution is -2.24. The second kappa shape index (κ2) is 8.04. The van der Waals surface area contributed by atoms with Gasteiger partial charge in [-0.2, -0.15) is 0 Å². The van der Waals surface area contributed by atoms with Gasteiger partial charge >= 0.3 is 0 Å². The van der Waals surface area contributed by atoms with Gasteiger partial charge in [0.15, 0.2) is 0 Å². The summed E-state index contributed by atoms with van der Waals surface area (Å²) < 4.78 is 0. The molecule has 0 unspecified atom stereocenters. The molecule has 1 fully saturated rings. The highest BCUT2D eigenvalue weighted by Crippen LogP contribution is 2.26. The summed E-state index contributed by atoms with van der Waals surface area (Å²) in [5.41, 5.74) is 2.34. The Labute approximate surface area is 153 Å². The van der Waals surface area contributed by atoms with Crippen LogP contribution < -0.4 is 10.6 Å². The zero-order chi connectivity index (χ0) is 18.5. The van der Waals surface area contributed by atoms with Crippen molar-refractivity contribution in [2.24, 2.45) is 5.92 Å². The van der Waals surface area contributed by atoms with Gasteiger partial charge in [-0.1, -0.05) is 31.4 Å². The lowest BCUT2D eigenvalue weighted by molar-refractivity contribution is -0.120. The number of phenolic OH excluding ortho intramolecular Hbond substituents is 1. The predicted molar refractivity (Wildman–Crippen MR) is 102 cm³/mol. The molecule has 0 spiro atoms. The van der Waals surface area contributed by atoms with Crippen LogP contribution in [0, 0.1) is 12.8 Å². The van der Waals surface area contributed by atoms with Gasteiger partial charge in [0.1, 0.15) is 5.75 Å². The molecule has 0 radical (unpaired) electrons. The highest BCUT2D eigenvalue weighted by atomic mass is 16.3. The van der Waals surface area contributed by atoms with Crippen molar-refractivity contribution in [1.29, 1.82) is 0 Å². The average molecular weight is 352 g/mol. The molecule has 1 aliphatic carbocycles. The molecule has 3 rings (SSSR count). The molecule has 0 heterocycles. The number of hydrogen-bond acceptors (Lipinski definition) is 3. The van der Waals surface area contributed by atoms with Crippen molar-refractivity contribution in [2.75, 3.05) is 10.6 Å². The predicted octanol–water partition coefficient (Wildman–Crippen LogP) is 4.47. The summed E-state index contributed by atoms with van der Waals surface area (Å²) in [7, 11) is 0. The van der Waals surface area contributed by atoms with Crippen molar-refractivity contribution in [1.82, 2.24) is 0 Å². The molecule has 0 atom stereocenters. The highest BCUT2D eigenvalue weighted by molar-refractivity contribution is 6.06. The van der Waals surface area contributed by atoms with Crippen molar-refractivity contribution in [3.63, 3.8) is 0 Å². The van der Waals surface area contributed by atoms with Gasteiger partial charge in [0.25, 0.3) is 5.91 Å². The Morgan fingerprint density at radius 2 is 1.77 bits per heavy atom. The van der Waals surface area contributed by atoms with Gasteiger partial charge < -0.3 is 15.7 Å². The van der Waals surface area contributed by atoms with Crippen molar-refractivity contribution in [2.45, 2.75) is 39.0 Å². The summed E-state index contributed by atoms with van der Waals surface area (Å²) >= 11 is 0. The maximum Gasteiger partial charge on any atom is 0.255 e. The summed E-state index contributed by atoms with van der Waals surface area (Å²) in [5, 5.41) is 15.5. The lowest BCUT2D eigenvalue weighted by Gasteiger charge is -2.20. The van der Waals surface area contributed by atoms with Crippen LogP contribution in [0.15, 0.2) is 42.5 Å². The molecule has 136 valence electrons. The van der Waals surface area contributed by atoms with E-state index in [-0.39, 0.29) is 23.5 Å². The third kappa shape index (κ3) is 4.42. The maximum atomic E-state index is 12.5. The van der Waals surface area contributed by atoms with E-state index in [0.29, 0.717) is 16.9 Å². The maximum absolute atomic E-state index is 12.5. The number of aryl methyl sites for hydroxylation is 1. The molecule has 0 aromatic heterocycles. The second-order valence-electron chi connectivity index (χ2n) is 6.88. The van der Waals surface area contributed by atoms with Crippen molar-refractivity contribution < 1.29 is 14.7 Å². The average Bonchev–Trinajstić information content (AvgIpc) is 2.65. The number of rotatable bonds is 4. The van der Waals surface area contributed by atoms with Crippen LogP contribution in [0.25, 0.3) is 0 Å². The fourth-order valence-corrected chi connectivity index (χ4v) is 3.29. The third-order valence-electron chi connectivity index (χ3n) is 4.77. The number of aromatic hydroxyl groups is 1. The molecule has 1 saturated carbocycles. The van der Waals surface area contributed by atoms with E-state index in [4.69, 9.17) is 0 Å². The van der Waals surface area contributed by atoms with E-state index in [1.54, 1.807) is 42.5 Å². The monoisotopic (exact) mass is 352 g/mol. The molecule has 26 heavy (non-hydrogen) atoms. The van der Waals surface area contributed by atoms with Crippen LogP contribution in [-0.2, 0) is 4.79 Å². The quantitative estimate of drug-likeness (QED) is 0.710. The lowest BCUT2D eigenvalue weighted by atomic mass is 9.88. The minimum Gasteiger partial charge on any atom is -0.506 e. The second-order valence-corrected chi connectivity index (χ2v) is 6.88. The number of carbonyl (C=O) groups is 2. The SMILES string of the molecule is Cc1ccc(O)c(NC(=O)c2cccc(NC(=O)C3CCCCC3)c2)c1. The Kier molecular flexibility index (Phi) is 5.56. The molecule has 0 saturated heterocycles. The molecular formula is C21H24N2O3. The van der Waals surface area contributed by atoms with Crippen LogP contribution in [0.4, 0.5) is 11.4 Å². The molecule has 0 aliphatic heterocycles. The van der Waals surface area contributed by atoms with E-state index in [9.17, 15) is 14.7 Å². The largest absolute Gasteiger partial charge is 0.506 e. The Bertz CT molecular complexity index is 811. The number of anilines is 2. The minimum atomic E-state index is -0.334. The van der Waals surface area contributed by atoms with Crippen molar-refractivity contribution in [3.8, 4) is 5.75 Å². The topological polar surface area (TPSA) is 78.4 Å². The van der Waals surface area contributed by atoms with Gasteiger partial charge in [0.2, 0.25) is 5.91 Å². The number of amides is 2. The van der Waals surface area contributed by atoms with E-state index in [1.807, 2.05) is 6.92 Å². The zero-order valence-electron chi connectivity index (χ0n) is 14.9. The first-order chi connectivity index (χ1) is 12.5. The summed E-state index contributed by atoms with van der Waals surface area (Å²) in [6, 6.07) is 11.9. The van der Waals surface area contributed by atoms with Gasteiger partial charge in [-0.05, 0) is 55.7 Å². The van der Waals surface area contributed by atoms with Gasteiger partial charge in [-0.3, -0.25) is 9.59 Å². The molecule has 5 heteroatoms. The van der Waals surface area contributed by atoms with Crippen LogP contribution in [0.3, 0.4) is 0 Å². The Morgan fingerprint density at radius 1 is 1.00 bits per heavy atom. The first kappa shape index (κ1) is 18.0. The van der Waals surface area contributed by atoms with Crippen LogP contribution in [0.2, 0.25) is 0 Å². The first-order valence-corrected chi connectivity index (χ1v) is 9.05. The normalized spacial score (nSPS) is 14.7. The fourth-order valence-electron chi connectivity index (χ4n) is 3.29. The van der Waals surface area contributed by atoms with E-state index < -0.39 is 0 Å². The number of hydrogen-bond donors (Lipinski definition) is 3. The summed E-state index contributed by atoms with van der Waals surface area (Å²) in [6.45, 7) is 1.89. The molecule has 0 bridgehead atoms. The molecule has 3 N–H and O–H groups in total. The molecule has 2 aromatic rings. The van der Waals surface area contributed by atoms with Gasteiger partial charge in [0.05, 0.1) is 5.69 Å². The Balaban J connectivity index is 1.69. The van der Waals surface area contributed by atoms with Crippen LogP contribution >= 0.6 is 0 Å². The van der Waals surface area contributed by atoms with E-state index in [1.165, 1.54) is 6.42 Å². The van der Waals surface area contributed by atoms with E-state index in [2.05, 4.69) is 10.6 Å². The minimum absolute atomic E-state index is 0.0192. The zero-order valence-corrected chi connectivity index (χ0v) is 14.9. The van der Waals surface area contributed by atoms with Gasteiger partial charge in [-0.15, -0.1) is 0 Å². The van der Waals surface area contributed by atoms with E-state index in [0.717, 1.165) is 31.2 Å². The Morgan fingerprint density at radius 3 is 2.54 bits per heavy atom. The molecular weight excluding hydrogens is 328 g/mol.